The molecule has 0 fully saturated rings. The van der Waals surface area contributed by atoms with Gasteiger partial charge in [0.15, 0.2) is 5.75 Å². The first-order valence-electron chi connectivity index (χ1n) is 8.87. The summed E-state index contributed by atoms with van der Waals surface area (Å²) in [4.78, 5) is 14.6. The van der Waals surface area contributed by atoms with Gasteiger partial charge in [-0.05, 0) is 38.1 Å². The summed E-state index contributed by atoms with van der Waals surface area (Å²) in [5.74, 6) is -0.110. The molecule has 28 heavy (non-hydrogen) atoms. The number of hydrogen-bond acceptors (Lipinski definition) is 6. The molecule has 0 saturated heterocycles. The fraction of sp³-hybridized carbons (Fsp3) is 0.250. The van der Waals surface area contributed by atoms with Crippen LogP contribution >= 0.6 is 0 Å². The Morgan fingerprint density at radius 3 is 2.61 bits per heavy atom. The lowest BCUT2D eigenvalue weighted by Crippen LogP contribution is -2.24. The summed E-state index contributed by atoms with van der Waals surface area (Å²) in [5.41, 5.74) is 2.33. The maximum Gasteiger partial charge on any atom is 0.339 e. The predicted molar refractivity (Wildman–Crippen MR) is 106 cm³/mol. The van der Waals surface area contributed by atoms with Crippen LogP contribution in [0.1, 0.15) is 18.2 Å². The molecule has 0 aliphatic carbocycles. The van der Waals surface area contributed by atoms with E-state index >= 15 is 0 Å². The number of aryl methyl sites for hydroxylation is 1. The molecule has 0 amide bonds. The number of carbonyl (C=O) groups excluding carboxylic acids is 1. The average molecular weight is 402 g/mol. The number of carbonyl (C=O) groups is 1. The lowest BCUT2D eigenvalue weighted by Gasteiger charge is -2.08. The zero-order valence-electron chi connectivity index (χ0n) is 15.7. The van der Waals surface area contributed by atoms with Crippen LogP contribution < -0.4 is 9.50 Å². The minimum Gasteiger partial charge on any atom is -0.465 e. The lowest BCUT2D eigenvalue weighted by molar-refractivity contribution is -0.142. The van der Waals surface area contributed by atoms with Crippen LogP contribution in [0.3, 0.4) is 0 Å². The van der Waals surface area contributed by atoms with Crippen molar-refractivity contribution in [3.05, 3.63) is 59.8 Å². The third-order valence-electron chi connectivity index (χ3n) is 4.07. The largest absolute Gasteiger partial charge is 0.465 e. The quantitative estimate of drug-likeness (QED) is 0.444. The van der Waals surface area contributed by atoms with Gasteiger partial charge < -0.3 is 19.2 Å². The zero-order valence-corrected chi connectivity index (χ0v) is 16.5. The van der Waals surface area contributed by atoms with Gasteiger partial charge in [0.2, 0.25) is 0 Å². The van der Waals surface area contributed by atoms with Gasteiger partial charge in [0.05, 0.1) is 18.7 Å². The van der Waals surface area contributed by atoms with Crippen LogP contribution in [0.5, 0.6) is 5.75 Å². The standard InChI is InChI=1S/C20H22N2O5S/c1-3-26-19(23)13-21-12-16-11-15-5-4-6-18(20(15)22-16)27-28(24,25)17-9-7-14(2)8-10-17/h4-11,21-22H,3,12-13H2,1-2H3. The van der Waals surface area contributed by atoms with Crippen molar-refractivity contribution in [1.29, 1.82) is 0 Å². The summed E-state index contributed by atoms with van der Waals surface area (Å²) < 4.78 is 35.4. The molecule has 8 heteroatoms. The van der Waals surface area contributed by atoms with Crippen molar-refractivity contribution in [2.24, 2.45) is 0 Å². The number of H-pyrrole nitrogens is 1. The number of rotatable bonds is 8. The van der Waals surface area contributed by atoms with Gasteiger partial charge in [-0.15, -0.1) is 0 Å². The molecule has 3 aromatic rings. The molecule has 0 aliphatic rings. The Balaban J connectivity index is 1.78. The minimum atomic E-state index is -3.94. The molecule has 2 aromatic carbocycles. The van der Waals surface area contributed by atoms with Crippen molar-refractivity contribution in [1.82, 2.24) is 10.3 Å². The summed E-state index contributed by atoms with van der Waals surface area (Å²) in [5, 5.41) is 3.79. The molecule has 148 valence electrons. The first-order valence-corrected chi connectivity index (χ1v) is 10.3. The van der Waals surface area contributed by atoms with E-state index in [4.69, 9.17) is 8.92 Å². The number of aromatic nitrogens is 1. The maximum absolute atomic E-state index is 12.6. The number of nitrogens with one attached hydrogen (secondary N) is 2. The van der Waals surface area contributed by atoms with Crippen LogP contribution in [-0.2, 0) is 26.2 Å². The first-order chi connectivity index (χ1) is 13.4. The van der Waals surface area contributed by atoms with Crippen LogP contribution in [0.2, 0.25) is 0 Å². The monoisotopic (exact) mass is 402 g/mol. The minimum absolute atomic E-state index is 0.0916. The van der Waals surface area contributed by atoms with Gasteiger partial charge in [0.1, 0.15) is 4.90 Å². The van der Waals surface area contributed by atoms with E-state index in [0.29, 0.717) is 18.7 Å². The third-order valence-corrected chi connectivity index (χ3v) is 5.32. The van der Waals surface area contributed by atoms with E-state index in [0.717, 1.165) is 16.6 Å². The fourth-order valence-corrected chi connectivity index (χ4v) is 3.67. The van der Waals surface area contributed by atoms with Crippen molar-refractivity contribution in [2.75, 3.05) is 13.2 Å². The molecule has 0 aliphatic heterocycles. The SMILES string of the molecule is CCOC(=O)CNCc1cc2cccc(OS(=O)(=O)c3ccc(C)cc3)c2[nH]1. The predicted octanol–water partition coefficient (Wildman–Crippen LogP) is 2.90. The number of ether oxygens (including phenoxy) is 1. The Morgan fingerprint density at radius 1 is 1.14 bits per heavy atom. The summed E-state index contributed by atoms with van der Waals surface area (Å²) in [6.45, 7) is 4.46. The highest BCUT2D eigenvalue weighted by Crippen LogP contribution is 2.28. The molecule has 0 atom stereocenters. The van der Waals surface area contributed by atoms with Crippen LogP contribution in [0.25, 0.3) is 10.9 Å². The Bertz CT molecular complexity index is 1070. The highest BCUT2D eigenvalue weighted by molar-refractivity contribution is 7.87. The fourth-order valence-electron chi connectivity index (χ4n) is 2.73. The van der Waals surface area contributed by atoms with Gasteiger partial charge in [-0.2, -0.15) is 8.42 Å². The van der Waals surface area contributed by atoms with E-state index in [9.17, 15) is 13.2 Å². The Hall–Kier alpha value is -2.84. The normalized spacial score (nSPS) is 11.5. The molecular formula is C20H22N2O5S. The third kappa shape index (κ3) is 4.71. The molecule has 0 bridgehead atoms. The number of esters is 1. The Morgan fingerprint density at radius 2 is 1.89 bits per heavy atom. The summed E-state index contributed by atoms with van der Waals surface area (Å²) in [7, 11) is -3.94. The average Bonchev–Trinajstić information content (AvgIpc) is 3.06. The van der Waals surface area contributed by atoms with E-state index in [-0.39, 0.29) is 23.2 Å². The van der Waals surface area contributed by atoms with Crippen molar-refractivity contribution in [3.8, 4) is 5.75 Å². The van der Waals surface area contributed by atoms with Crippen molar-refractivity contribution < 1.29 is 22.1 Å². The molecule has 1 heterocycles. The summed E-state index contributed by atoms with van der Waals surface area (Å²) in [6.07, 6.45) is 0. The van der Waals surface area contributed by atoms with Crippen LogP contribution in [0, 0.1) is 6.92 Å². The molecule has 2 N–H and O–H groups in total. The van der Waals surface area contributed by atoms with Gasteiger partial charge in [-0.3, -0.25) is 4.79 Å². The zero-order chi connectivity index (χ0) is 20.1. The van der Waals surface area contributed by atoms with Gasteiger partial charge in [-0.1, -0.05) is 29.8 Å². The number of fused-ring (bicyclic) bond motifs is 1. The Labute approximate surface area is 163 Å². The van der Waals surface area contributed by atoms with E-state index in [2.05, 4.69) is 10.3 Å². The second-order valence-corrected chi connectivity index (χ2v) is 7.82. The summed E-state index contributed by atoms with van der Waals surface area (Å²) in [6, 6.07) is 13.5. The van der Waals surface area contributed by atoms with Crippen molar-refractivity contribution in [2.45, 2.75) is 25.3 Å². The van der Waals surface area contributed by atoms with Gasteiger partial charge >= 0.3 is 16.1 Å². The first kappa shape index (κ1) is 19.9. The number of benzene rings is 2. The highest BCUT2D eigenvalue weighted by atomic mass is 32.2. The van der Waals surface area contributed by atoms with Crippen molar-refractivity contribution >= 4 is 27.0 Å². The smallest absolute Gasteiger partial charge is 0.339 e. The maximum atomic E-state index is 12.6. The van der Waals surface area contributed by atoms with Crippen molar-refractivity contribution in [3.63, 3.8) is 0 Å². The second-order valence-electron chi connectivity index (χ2n) is 6.27. The number of para-hydroxylation sites is 1. The molecule has 0 unspecified atom stereocenters. The molecule has 1 aromatic heterocycles. The molecule has 0 saturated carbocycles. The van der Waals surface area contributed by atoms with E-state index in [1.165, 1.54) is 12.1 Å². The summed E-state index contributed by atoms with van der Waals surface area (Å²) >= 11 is 0. The molecule has 0 spiro atoms. The number of aromatic amines is 1. The molecular weight excluding hydrogens is 380 g/mol. The van der Waals surface area contributed by atoms with E-state index in [1.54, 1.807) is 31.2 Å². The highest BCUT2D eigenvalue weighted by Gasteiger charge is 2.18. The second kappa shape index (κ2) is 8.45. The van der Waals surface area contributed by atoms with Crippen LogP contribution in [0.4, 0.5) is 0 Å². The van der Waals surface area contributed by atoms with Gasteiger partial charge in [0.25, 0.3) is 0 Å². The lowest BCUT2D eigenvalue weighted by atomic mass is 10.2. The van der Waals surface area contributed by atoms with Crippen LogP contribution in [-0.4, -0.2) is 32.5 Å². The van der Waals surface area contributed by atoms with Gasteiger partial charge in [0, 0.05) is 17.6 Å². The Kier molecular flexibility index (Phi) is 6.01. The van der Waals surface area contributed by atoms with E-state index in [1.807, 2.05) is 19.1 Å². The van der Waals surface area contributed by atoms with E-state index < -0.39 is 10.1 Å². The molecule has 3 rings (SSSR count). The molecule has 0 radical (unpaired) electrons. The number of hydrogen-bond donors (Lipinski definition) is 2. The topological polar surface area (TPSA) is 97.5 Å². The van der Waals surface area contributed by atoms with Gasteiger partial charge in [-0.25, -0.2) is 0 Å². The molecule has 7 nitrogen and oxygen atoms in total. The van der Waals surface area contributed by atoms with Crippen LogP contribution in [0.15, 0.2) is 53.4 Å².